The molecule has 0 atom stereocenters. The largest absolute Gasteiger partial charge is 0.433 e. The number of halogens is 3. The number of anilines is 3. The van der Waals surface area contributed by atoms with Crippen LogP contribution in [0.2, 0.25) is 0 Å². The van der Waals surface area contributed by atoms with E-state index in [9.17, 15) is 13.2 Å². The number of nitrogens with zero attached hydrogens (tertiary/aromatic N) is 2. The SMILES string of the molecule is Cc1cc(N)cc(Nc2nccc(C(F)(F)F)n2)c1. The Bertz CT molecular complexity index is 576. The second-order valence-electron chi connectivity index (χ2n) is 4.02. The van der Waals surface area contributed by atoms with E-state index in [2.05, 4.69) is 15.3 Å². The topological polar surface area (TPSA) is 63.8 Å². The minimum absolute atomic E-state index is 0.125. The highest BCUT2D eigenvalue weighted by Crippen LogP contribution is 2.28. The van der Waals surface area contributed by atoms with Crippen LogP contribution in [0.3, 0.4) is 0 Å². The third-order valence-corrected chi connectivity index (χ3v) is 2.30. The molecule has 0 aliphatic rings. The number of hydrogen-bond donors (Lipinski definition) is 2. The van der Waals surface area contributed by atoms with Gasteiger partial charge in [-0.1, -0.05) is 0 Å². The van der Waals surface area contributed by atoms with Gasteiger partial charge in [-0.05, 0) is 36.8 Å². The van der Waals surface area contributed by atoms with Crippen LogP contribution in [0, 0.1) is 6.92 Å². The van der Waals surface area contributed by atoms with Crippen LogP contribution in [0.5, 0.6) is 0 Å². The molecule has 2 rings (SSSR count). The molecule has 19 heavy (non-hydrogen) atoms. The molecule has 2 aromatic rings. The molecule has 0 amide bonds. The monoisotopic (exact) mass is 268 g/mol. The smallest absolute Gasteiger partial charge is 0.399 e. The molecule has 0 radical (unpaired) electrons. The van der Waals surface area contributed by atoms with Crippen molar-refractivity contribution in [2.24, 2.45) is 0 Å². The molecule has 0 aliphatic heterocycles. The molecule has 0 saturated carbocycles. The van der Waals surface area contributed by atoms with Crippen LogP contribution in [0.25, 0.3) is 0 Å². The van der Waals surface area contributed by atoms with Crippen molar-refractivity contribution in [3.05, 3.63) is 41.7 Å². The number of hydrogen-bond acceptors (Lipinski definition) is 4. The summed E-state index contributed by atoms with van der Waals surface area (Å²) in [5.74, 6) is -0.125. The number of benzene rings is 1. The fourth-order valence-electron chi connectivity index (χ4n) is 1.59. The van der Waals surface area contributed by atoms with E-state index >= 15 is 0 Å². The lowest BCUT2D eigenvalue weighted by Crippen LogP contribution is -2.10. The number of nitrogens with one attached hydrogen (secondary N) is 1. The Morgan fingerprint density at radius 2 is 1.95 bits per heavy atom. The van der Waals surface area contributed by atoms with Gasteiger partial charge in [0.15, 0.2) is 0 Å². The first-order valence-electron chi connectivity index (χ1n) is 5.39. The van der Waals surface area contributed by atoms with Crippen molar-refractivity contribution in [1.29, 1.82) is 0 Å². The van der Waals surface area contributed by atoms with E-state index in [4.69, 9.17) is 5.73 Å². The van der Waals surface area contributed by atoms with Crippen LogP contribution in [-0.4, -0.2) is 9.97 Å². The van der Waals surface area contributed by atoms with Gasteiger partial charge in [0.2, 0.25) is 5.95 Å². The van der Waals surface area contributed by atoms with Gasteiger partial charge in [-0.15, -0.1) is 0 Å². The first-order chi connectivity index (χ1) is 8.84. The van der Waals surface area contributed by atoms with Crippen molar-refractivity contribution < 1.29 is 13.2 Å². The highest BCUT2D eigenvalue weighted by Gasteiger charge is 2.32. The summed E-state index contributed by atoms with van der Waals surface area (Å²) < 4.78 is 37.5. The van der Waals surface area contributed by atoms with Gasteiger partial charge in [0, 0.05) is 17.6 Å². The van der Waals surface area contributed by atoms with Crippen molar-refractivity contribution in [2.45, 2.75) is 13.1 Å². The first kappa shape index (κ1) is 13.1. The van der Waals surface area contributed by atoms with Gasteiger partial charge >= 0.3 is 6.18 Å². The number of aromatic nitrogens is 2. The third kappa shape index (κ3) is 3.34. The van der Waals surface area contributed by atoms with Crippen molar-refractivity contribution in [2.75, 3.05) is 11.1 Å². The zero-order valence-corrected chi connectivity index (χ0v) is 9.99. The Kier molecular flexibility index (Phi) is 3.28. The molecule has 0 unspecified atom stereocenters. The summed E-state index contributed by atoms with van der Waals surface area (Å²) in [5.41, 5.74) is 6.59. The van der Waals surface area contributed by atoms with Crippen LogP contribution in [0.4, 0.5) is 30.5 Å². The second kappa shape index (κ2) is 4.75. The van der Waals surface area contributed by atoms with Crippen LogP contribution in [0.1, 0.15) is 11.3 Å². The second-order valence-corrected chi connectivity index (χ2v) is 4.02. The Balaban J connectivity index is 2.28. The van der Waals surface area contributed by atoms with E-state index in [1.165, 1.54) is 0 Å². The molecular weight excluding hydrogens is 257 g/mol. The normalized spacial score (nSPS) is 11.4. The van der Waals surface area contributed by atoms with Gasteiger partial charge in [-0.3, -0.25) is 0 Å². The maximum absolute atomic E-state index is 12.5. The van der Waals surface area contributed by atoms with Crippen LogP contribution >= 0.6 is 0 Å². The number of rotatable bonds is 2. The standard InChI is InChI=1S/C12H11F3N4/c1-7-4-8(16)6-9(5-7)18-11-17-3-2-10(19-11)12(13,14)15/h2-6H,16H2,1H3,(H,17,18,19). The molecule has 0 spiro atoms. The maximum Gasteiger partial charge on any atom is 0.433 e. The van der Waals surface area contributed by atoms with Gasteiger partial charge < -0.3 is 11.1 Å². The maximum atomic E-state index is 12.5. The summed E-state index contributed by atoms with van der Waals surface area (Å²) in [5, 5.41) is 2.70. The fraction of sp³-hybridized carbons (Fsp3) is 0.167. The Morgan fingerprint density at radius 3 is 2.58 bits per heavy atom. The lowest BCUT2D eigenvalue weighted by atomic mass is 10.2. The predicted octanol–water partition coefficient (Wildman–Crippen LogP) is 3.13. The van der Waals surface area contributed by atoms with Crippen molar-refractivity contribution in [1.82, 2.24) is 9.97 Å². The van der Waals surface area contributed by atoms with Crippen molar-refractivity contribution >= 4 is 17.3 Å². The van der Waals surface area contributed by atoms with E-state index < -0.39 is 11.9 Å². The summed E-state index contributed by atoms with van der Waals surface area (Å²) in [6.07, 6.45) is -3.44. The lowest BCUT2D eigenvalue weighted by Gasteiger charge is -2.09. The van der Waals surface area contributed by atoms with E-state index in [0.717, 1.165) is 17.8 Å². The van der Waals surface area contributed by atoms with Crippen molar-refractivity contribution in [3.8, 4) is 0 Å². The van der Waals surface area contributed by atoms with Gasteiger partial charge in [-0.25, -0.2) is 9.97 Å². The Labute approximate surface area is 107 Å². The minimum atomic E-state index is -4.50. The molecular formula is C12H11F3N4. The number of nitrogen functional groups attached to an aromatic ring is 1. The van der Waals surface area contributed by atoms with Crippen molar-refractivity contribution in [3.63, 3.8) is 0 Å². The molecule has 1 aromatic carbocycles. The highest BCUT2D eigenvalue weighted by molar-refractivity contribution is 5.61. The van der Waals surface area contributed by atoms with Gasteiger partial charge in [0.05, 0.1) is 0 Å². The predicted molar refractivity (Wildman–Crippen MR) is 65.9 cm³/mol. The molecule has 0 aliphatic carbocycles. The third-order valence-electron chi connectivity index (χ3n) is 2.30. The van der Waals surface area contributed by atoms with Gasteiger partial charge in [0.25, 0.3) is 0 Å². The van der Waals surface area contributed by atoms with E-state index in [0.29, 0.717) is 11.4 Å². The summed E-state index contributed by atoms with van der Waals surface area (Å²) in [4.78, 5) is 7.16. The van der Waals surface area contributed by atoms with Gasteiger partial charge in [0.1, 0.15) is 5.69 Å². The number of aryl methyl sites for hydroxylation is 1. The van der Waals surface area contributed by atoms with Crippen LogP contribution in [0.15, 0.2) is 30.5 Å². The van der Waals surface area contributed by atoms with Crippen LogP contribution in [-0.2, 0) is 6.18 Å². The zero-order chi connectivity index (χ0) is 14.0. The lowest BCUT2D eigenvalue weighted by molar-refractivity contribution is -0.141. The van der Waals surface area contributed by atoms with E-state index in [-0.39, 0.29) is 5.95 Å². The molecule has 4 nitrogen and oxygen atoms in total. The molecule has 1 heterocycles. The molecule has 7 heteroatoms. The van der Waals surface area contributed by atoms with Crippen LogP contribution < -0.4 is 11.1 Å². The fourth-order valence-corrected chi connectivity index (χ4v) is 1.59. The molecule has 0 bridgehead atoms. The summed E-state index contributed by atoms with van der Waals surface area (Å²) >= 11 is 0. The average Bonchev–Trinajstić information content (AvgIpc) is 2.26. The van der Waals surface area contributed by atoms with E-state index in [1.54, 1.807) is 18.2 Å². The zero-order valence-electron chi connectivity index (χ0n) is 9.99. The highest BCUT2D eigenvalue weighted by atomic mass is 19.4. The Morgan fingerprint density at radius 1 is 1.21 bits per heavy atom. The average molecular weight is 268 g/mol. The van der Waals surface area contributed by atoms with E-state index in [1.807, 2.05) is 6.92 Å². The summed E-state index contributed by atoms with van der Waals surface area (Å²) in [6.45, 7) is 1.83. The Hall–Kier alpha value is -2.31. The number of alkyl halides is 3. The molecule has 0 fully saturated rings. The first-order valence-corrected chi connectivity index (χ1v) is 5.39. The molecule has 0 saturated heterocycles. The summed E-state index contributed by atoms with van der Waals surface area (Å²) in [6, 6.07) is 5.89. The molecule has 100 valence electrons. The number of nitrogens with two attached hydrogens (primary N) is 1. The summed E-state index contributed by atoms with van der Waals surface area (Å²) in [7, 11) is 0. The molecule has 1 aromatic heterocycles. The van der Waals surface area contributed by atoms with Gasteiger partial charge in [-0.2, -0.15) is 13.2 Å². The quantitative estimate of drug-likeness (QED) is 0.821. The molecule has 3 N–H and O–H groups in total. The minimum Gasteiger partial charge on any atom is -0.399 e.